The van der Waals surface area contributed by atoms with Crippen molar-refractivity contribution in [1.29, 1.82) is 0 Å². The van der Waals surface area contributed by atoms with Crippen LogP contribution in [0.1, 0.15) is 16.1 Å². The molecule has 2 heterocycles. The Bertz CT molecular complexity index is 731. The fourth-order valence-electron chi connectivity index (χ4n) is 1.81. The molecule has 0 radical (unpaired) electrons. The summed E-state index contributed by atoms with van der Waals surface area (Å²) in [7, 11) is 0. The van der Waals surface area contributed by atoms with Crippen molar-refractivity contribution in [3.05, 3.63) is 53.9 Å². The van der Waals surface area contributed by atoms with Crippen molar-refractivity contribution in [3.8, 4) is 11.3 Å². The Morgan fingerprint density at radius 1 is 1.20 bits per heavy atom. The molecule has 3 rings (SSSR count). The van der Waals surface area contributed by atoms with Crippen LogP contribution in [0.2, 0.25) is 0 Å². The van der Waals surface area contributed by atoms with Gasteiger partial charge in [-0.15, -0.1) is 0 Å². The van der Waals surface area contributed by atoms with E-state index in [0.717, 1.165) is 5.56 Å². The normalized spacial score (nSPS) is 10.4. The van der Waals surface area contributed by atoms with Crippen LogP contribution in [0.4, 0.5) is 5.82 Å². The van der Waals surface area contributed by atoms with Crippen LogP contribution in [0, 0.1) is 6.92 Å². The molecule has 0 fully saturated rings. The molecule has 0 aliphatic rings. The van der Waals surface area contributed by atoms with Crippen LogP contribution in [0.15, 0.2) is 51.6 Å². The molecule has 20 heavy (non-hydrogen) atoms. The zero-order valence-electron chi connectivity index (χ0n) is 10.7. The number of anilines is 1. The number of rotatable bonds is 3. The lowest BCUT2D eigenvalue weighted by Gasteiger charge is -2.01. The van der Waals surface area contributed by atoms with Crippen molar-refractivity contribution in [2.75, 3.05) is 5.32 Å². The van der Waals surface area contributed by atoms with Gasteiger partial charge in [-0.1, -0.05) is 40.6 Å². The molecule has 1 N–H and O–H groups in total. The van der Waals surface area contributed by atoms with E-state index in [1.54, 1.807) is 13.0 Å². The lowest BCUT2D eigenvalue weighted by Crippen LogP contribution is -2.12. The highest BCUT2D eigenvalue weighted by Gasteiger charge is 2.18. The summed E-state index contributed by atoms with van der Waals surface area (Å²) in [4.78, 5) is 12.2. The first-order chi connectivity index (χ1) is 9.74. The van der Waals surface area contributed by atoms with Crippen molar-refractivity contribution in [1.82, 2.24) is 10.3 Å². The molecule has 100 valence electrons. The number of hydrogen-bond acceptors (Lipinski definition) is 5. The number of nitrogens with zero attached hydrogens (tertiary/aromatic N) is 2. The minimum atomic E-state index is -0.349. The number of carbonyl (C=O) groups excluding carboxylic acids is 1. The van der Waals surface area contributed by atoms with Crippen molar-refractivity contribution < 1.29 is 13.8 Å². The average Bonchev–Trinajstić information content (AvgIpc) is 3.09. The third-order valence-corrected chi connectivity index (χ3v) is 2.72. The second-order valence-corrected chi connectivity index (χ2v) is 4.21. The van der Waals surface area contributed by atoms with Crippen LogP contribution in [0.25, 0.3) is 11.3 Å². The van der Waals surface area contributed by atoms with E-state index in [0.29, 0.717) is 22.9 Å². The van der Waals surface area contributed by atoms with Crippen molar-refractivity contribution in [3.63, 3.8) is 0 Å². The predicted octanol–water partition coefficient (Wildman–Crippen LogP) is 2.89. The Hall–Kier alpha value is -2.89. The van der Waals surface area contributed by atoms with Gasteiger partial charge in [-0.3, -0.25) is 4.79 Å². The first kappa shape index (κ1) is 12.2. The number of aromatic nitrogens is 2. The van der Waals surface area contributed by atoms with Crippen LogP contribution >= 0.6 is 0 Å². The predicted molar refractivity (Wildman–Crippen MR) is 71.1 cm³/mol. The fourth-order valence-corrected chi connectivity index (χ4v) is 1.81. The van der Waals surface area contributed by atoms with E-state index in [4.69, 9.17) is 9.05 Å². The van der Waals surface area contributed by atoms with Crippen LogP contribution in [0.5, 0.6) is 0 Å². The molecule has 1 aromatic carbocycles. The zero-order chi connectivity index (χ0) is 13.9. The van der Waals surface area contributed by atoms with Crippen LogP contribution in [-0.4, -0.2) is 16.2 Å². The number of carbonyl (C=O) groups is 1. The minimum Gasteiger partial charge on any atom is -0.360 e. The Morgan fingerprint density at radius 2 is 2.00 bits per heavy atom. The fraction of sp³-hybridized carbons (Fsp3) is 0.0714. The summed E-state index contributed by atoms with van der Waals surface area (Å²) in [6.07, 6.45) is 1.38. The van der Waals surface area contributed by atoms with Crippen LogP contribution in [-0.2, 0) is 0 Å². The number of amides is 1. The van der Waals surface area contributed by atoms with E-state index < -0.39 is 0 Å². The lowest BCUT2D eigenvalue weighted by atomic mass is 10.1. The highest BCUT2D eigenvalue weighted by atomic mass is 16.5. The van der Waals surface area contributed by atoms with Gasteiger partial charge < -0.3 is 14.4 Å². The molecule has 6 heteroatoms. The standard InChI is InChI=1S/C14H11N3O3/c1-9-7-12(17-19-9)16-14(18)11-8-15-20-13(11)10-5-3-2-4-6-10/h2-8H,1H3,(H,16,17,18). The van der Waals surface area contributed by atoms with Gasteiger partial charge in [0.1, 0.15) is 11.3 Å². The average molecular weight is 269 g/mol. The van der Waals surface area contributed by atoms with Gasteiger partial charge in [0.25, 0.3) is 5.91 Å². The summed E-state index contributed by atoms with van der Waals surface area (Å²) >= 11 is 0. The molecular formula is C14H11N3O3. The minimum absolute atomic E-state index is 0.344. The van der Waals surface area contributed by atoms with Gasteiger partial charge in [0.15, 0.2) is 11.6 Å². The second-order valence-electron chi connectivity index (χ2n) is 4.21. The van der Waals surface area contributed by atoms with E-state index in [1.807, 2.05) is 30.3 Å². The topological polar surface area (TPSA) is 81.2 Å². The van der Waals surface area contributed by atoms with E-state index in [1.165, 1.54) is 6.20 Å². The van der Waals surface area contributed by atoms with Gasteiger partial charge in [0, 0.05) is 11.6 Å². The van der Waals surface area contributed by atoms with Crippen molar-refractivity contribution >= 4 is 11.7 Å². The van der Waals surface area contributed by atoms with Crippen molar-refractivity contribution in [2.45, 2.75) is 6.92 Å². The Balaban J connectivity index is 1.88. The number of hydrogen-bond donors (Lipinski definition) is 1. The summed E-state index contributed by atoms with van der Waals surface area (Å²) < 4.78 is 10.1. The molecule has 1 amide bonds. The number of nitrogens with one attached hydrogen (secondary N) is 1. The molecule has 0 aliphatic carbocycles. The van der Waals surface area contributed by atoms with Gasteiger partial charge in [0.2, 0.25) is 0 Å². The monoisotopic (exact) mass is 269 g/mol. The quantitative estimate of drug-likeness (QED) is 0.790. The first-order valence-electron chi connectivity index (χ1n) is 5.99. The molecule has 0 saturated heterocycles. The molecule has 0 unspecified atom stereocenters. The SMILES string of the molecule is Cc1cc(NC(=O)c2cnoc2-c2ccccc2)no1. The molecule has 2 aromatic heterocycles. The van der Waals surface area contributed by atoms with Gasteiger partial charge >= 0.3 is 0 Å². The summed E-state index contributed by atoms with van der Waals surface area (Å²) in [5.41, 5.74) is 1.13. The van der Waals surface area contributed by atoms with E-state index in [-0.39, 0.29) is 5.91 Å². The molecule has 6 nitrogen and oxygen atoms in total. The lowest BCUT2D eigenvalue weighted by molar-refractivity contribution is 0.102. The van der Waals surface area contributed by atoms with Crippen molar-refractivity contribution in [2.24, 2.45) is 0 Å². The maximum Gasteiger partial charge on any atom is 0.262 e. The van der Waals surface area contributed by atoms with Gasteiger partial charge in [0.05, 0.1) is 6.20 Å². The van der Waals surface area contributed by atoms with Gasteiger partial charge in [-0.25, -0.2) is 0 Å². The zero-order valence-corrected chi connectivity index (χ0v) is 10.7. The van der Waals surface area contributed by atoms with Crippen LogP contribution < -0.4 is 5.32 Å². The summed E-state index contributed by atoms with van der Waals surface area (Å²) in [5, 5.41) is 10.0. The summed E-state index contributed by atoms with van der Waals surface area (Å²) in [6, 6.07) is 10.9. The number of benzene rings is 1. The number of aryl methyl sites for hydroxylation is 1. The highest BCUT2D eigenvalue weighted by molar-refractivity contribution is 6.07. The maximum atomic E-state index is 12.2. The molecule has 0 saturated carbocycles. The van der Waals surface area contributed by atoms with Gasteiger partial charge in [-0.2, -0.15) is 0 Å². The first-order valence-corrected chi connectivity index (χ1v) is 5.99. The third kappa shape index (κ3) is 2.31. The maximum absolute atomic E-state index is 12.2. The van der Waals surface area contributed by atoms with E-state index >= 15 is 0 Å². The van der Waals surface area contributed by atoms with E-state index in [2.05, 4.69) is 15.6 Å². The van der Waals surface area contributed by atoms with Gasteiger partial charge in [-0.05, 0) is 6.92 Å². The molecule has 0 aliphatic heterocycles. The Labute approximate surface area is 114 Å². The molecule has 0 spiro atoms. The summed E-state index contributed by atoms with van der Waals surface area (Å²) in [6.45, 7) is 1.75. The largest absolute Gasteiger partial charge is 0.360 e. The molecule has 0 bridgehead atoms. The third-order valence-electron chi connectivity index (χ3n) is 2.72. The second kappa shape index (κ2) is 5.00. The molecule has 3 aromatic rings. The summed E-state index contributed by atoms with van der Waals surface area (Å²) in [5.74, 6) is 1.04. The molecular weight excluding hydrogens is 258 g/mol. The smallest absolute Gasteiger partial charge is 0.262 e. The molecule has 0 atom stereocenters. The Morgan fingerprint density at radius 3 is 2.70 bits per heavy atom. The van der Waals surface area contributed by atoms with Crippen LogP contribution in [0.3, 0.4) is 0 Å². The highest BCUT2D eigenvalue weighted by Crippen LogP contribution is 2.23. The Kier molecular flexibility index (Phi) is 3.04. The van der Waals surface area contributed by atoms with E-state index in [9.17, 15) is 4.79 Å².